The topological polar surface area (TPSA) is 58.7 Å². The molecule has 26 heavy (non-hydrogen) atoms. The van der Waals surface area contributed by atoms with Crippen molar-refractivity contribution in [3.63, 3.8) is 0 Å². The van der Waals surface area contributed by atoms with Crippen LogP contribution in [0.5, 0.6) is 0 Å². The predicted octanol–water partition coefficient (Wildman–Crippen LogP) is 4.83. The molecule has 134 valence electrons. The zero-order chi connectivity index (χ0) is 18.7. The highest BCUT2D eigenvalue weighted by Gasteiger charge is 2.19. The number of unbranched alkanes of at least 4 members (excludes halogenated alkanes) is 1. The highest BCUT2D eigenvalue weighted by atomic mass is 32.1. The van der Waals surface area contributed by atoms with E-state index >= 15 is 0 Å². The van der Waals surface area contributed by atoms with Crippen LogP contribution in [0.1, 0.15) is 36.9 Å². The first-order valence-electron chi connectivity index (χ1n) is 8.72. The van der Waals surface area contributed by atoms with Gasteiger partial charge in [-0.25, -0.2) is 9.37 Å². The van der Waals surface area contributed by atoms with E-state index in [1.165, 1.54) is 23.5 Å². The van der Waals surface area contributed by atoms with E-state index in [0.29, 0.717) is 24.8 Å². The SMILES string of the molecule is CCCc1nc2sc(C)c(-c3ccc(F)cc3)c2c(=O)n1CCCC#N. The number of rotatable bonds is 6. The van der Waals surface area contributed by atoms with E-state index in [4.69, 9.17) is 10.2 Å². The van der Waals surface area contributed by atoms with Crippen LogP contribution in [0.4, 0.5) is 4.39 Å². The molecule has 6 heteroatoms. The highest BCUT2D eigenvalue weighted by molar-refractivity contribution is 7.19. The number of thiophene rings is 1. The van der Waals surface area contributed by atoms with Gasteiger partial charge in [0.2, 0.25) is 0 Å². The van der Waals surface area contributed by atoms with Gasteiger partial charge in [-0.3, -0.25) is 9.36 Å². The van der Waals surface area contributed by atoms with Crippen LogP contribution >= 0.6 is 11.3 Å². The van der Waals surface area contributed by atoms with Gasteiger partial charge in [0.1, 0.15) is 16.5 Å². The van der Waals surface area contributed by atoms with Crippen LogP contribution in [-0.2, 0) is 13.0 Å². The molecule has 2 heterocycles. The Morgan fingerprint density at radius 1 is 1.31 bits per heavy atom. The minimum Gasteiger partial charge on any atom is -0.296 e. The molecule has 0 saturated heterocycles. The fourth-order valence-electron chi connectivity index (χ4n) is 3.16. The fraction of sp³-hybridized carbons (Fsp3) is 0.350. The number of nitriles is 1. The molecule has 0 aliphatic carbocycles. The number of halogens is 1. The molecule has 0 N–H and O–H groups in total. The monoisotopic (exact) mass is 369 g/mol. The summed E-state index contributed by atoms with van der Waals surface area (Å²) in [5.41, 5.74) is 1.58. The summed E-state index contributed by atoms with van der Waals surface area (Å²) in [5.74, 6) is 0.470. The van der Waals surface area contributed by atoms with Gasteiger partial charge in [0, 0.05) is 29.8 Å². The van der Waals surface area contributed by atoms with Crippen molar-refractivity contribution < 1.29 is 4.39 Å². The van der Waals surface area contributed by atoms with Crippen molar-refractivity contribution in [1.29, 1.82) is 5.26 Å². The Bertz CT molecular complexity index is 1030. The third kappa shape index (κ3) is 3.40. The number of fused-ring (bicyclic) bond motifs is 1. The van der Waals surface area contributed by atoms with Gasteiger partial charge in [-0.15, -0.1) is 11.3 Å². The van der Waals surface area contributed by atoms with Crippen LogP contribution in [-0.4, -0.2) is 9.55 Å². The lowest BCUT2D eigenvalue weighted by Gasteiger charge is -2.12. The molecule has 4 nitrogen and oxygen atoms in total. The van der Waals surface area contributed by atoms with Gasteiger partial charge >= 0.3 is 0 Å². The highest BCUT2D eigenvalue weighted by Crippen LogP contribution is 2.35. The van der Waals surface area contributed by atoms with Gasteiger partial charge in [-0.2, -0.15) is 5.26 Å². The van der Waals surface area contributed by atoms with Crippen molar-refractivity contribution in [2.45, 2.75) is 46.1 Å². The minimum absolute atomic E-state index is 0.0694. The van der Waals surface area contributed by atoms with Gasteiger partial charge in [-0.1, -0.05) is 19.1 Å². The number of hydrogen-bond donors (Lipinski definition) is 0. The van der Waals surface area contributed by atoms with E-state index in [0.717, 1.165) is 39.5 Å². The van der Waals surface area contributed by atoms with Gasteiger partial charge in [-0.05, 0) is 37.5 Å². The molecule has 2 aromatic heterocycles. The Labute approximate surface area is 155 Å². The Morgan fingerprint density at radius 3 is 2.69 bits per heavy atom. The summed E-state index contributed by atoms with van der Waals surface area (Å²) in [7, 11) is 0. The van der Waals surface area contributed by atoms with Gasteiger partial charge in [0.25, 0.3) is 5.56 Å². The number of benzene rings is 1. The van der Waals surface area contributed by atoms with Crippen molar-refractivity contribution in [2.24, 2.45) is 0 Å². The molecule has 3 rings (SSSR count). The summed E-state index contributed by atoms with van der Waals surface area (Å²) in [6, 6.07) is 8.33. The lowest BCUT2D eigenvalue weighted by molar-refractivity contribution is 0.585. The van der Waals surface area contributed by atoms with Crippen molar-refractivity contribution >= 4 is 21.6 Å². The Morgan fingerprint density at radius 2 is 2.04 bits per heavy atom. The molecule has 0 aliphatic heterocycles. The molecule has 3 aromatic rings. The largest absolute Gasteiger partial charge is 0.296 e. The van der Waals surface area contributed by atoms with Crippen LogP contribution in [0.25, 0.3) is 21.3 Å². The van der Waals surface area contributed by atoms with E-state index in [2.05, 4.69) is 13.0 Å². The molecule has 0 amide bonds. The molecule has 0 radical (unpaired) electrons. The molecule has 0 bridgehead atoms. The third-order valence-corrected chi connectivity index (χ3v) is 5.34. The zero-order valence-electron chi connectivity index (χ0n) is 14.9. The number of nitrogens with zero attached hydrogens (tertiary/aromatic N) is 3. The van der Waals surface area contributed by atoms with E-state index in [9.17, 15) is 9.18 Å². The van der Waals surface area contributed by atoms with Crippen LogP contribution in [0.3, 0.4) is 0 Å². The average molecular weight is 369 g/mol. The molecule has 0 fully saturated rings. The maximum atomic E-state index is 13.3. The van der Waals surface area contributed by atoms with Gasteiger partial charge in [0.15, 0.2) is 0 Å². The Kier molecular flexibility index (Phi) is 5.48. The Balaban J connectivity index is 2.23. The number of aryl methyl sites for hydroxylation is 2. The second kappa shape index (κ2) is 7.79. The summed E-state index contributed by atoms with van der Waals surface area (Å²) in [5, 5.41) is 9.39. The third-order valence-electron chi connectivity index (χ3n) is 4.34. The van der Waals surface area contributed by atoms with Gasteiger partial charge in [0.05, 0.1) is 11.5 Å². The normalized spacial score (nSPS) is 11.0. The molecule has 0 unspecified atom stereocenters. The zero-order valence-corrected chi connectivity index (χ0v) is 15.7. The summed E-state index contributed by atoms with van der Waals surface area (Å²) in [4.78, 5) is 19.7. The number of aromatic nitrogens is 2. The summed E-state index contributed by atoms with van der Waals surface area (Å²) >= 11 is 1.50. The second-order valence-corrected chi connectivity index (χ2v) is 7.42. The molecule has 1 aromatic carbocycles. The predicted molar refractivity (Wildman–Crippen MR) is 103 cm³/mol. The fourth-order valence-corrected chi connectivity index (χ4v) is 4.22. The first-order valence-corrected chi connectivity index (χ1v) is 9.54. The first kappa shape index (κ1) is 18.3. The number of hydrogen-bond acceptors (Lipinski definition) is 4. The summed E-state index contributed by atoms with van der Waals surface area (Å²) < 4.78 is 15.0. The molecule has 0 saturated carbocycles. The standard InChI is InChI=1S/C20H20FN3OS/c1-3-6-16-23-19-18(20(25)24(16)12-5-4-11-22)17(13(2)26-19)14-7-9-15(21)10-8-14/h7-10H,3-6,12H2,1-2H3. The van der Waals surface area contributed by atoms with Crippen molar-refractivity contribution in [3.8, 4) is 17.2 Å². The minimum atomic E-state index is -0.303. The van der Waals surface area contributed by atoms with Crippen LogP contribution < -0.4 is 5.56 Å². The molecule has 0 aliphatic rings. The van der Waals surface area contributed by atoms with Crippen LogP contribution in [0, 0.1) is 24.1 Å². The molecule has 0 atom stereocenters. The second-order valence-electron chi connectivity index (χ2n) is 6.22. The smallest absolute Gasteiger partial charge is 0.262 e. The molecular formula is C20H20FN3OS. The quantitative estimate of drug-likeness (QED) is 0.585. The van der Waals surface area contributed by atoms with E-state index in [1.54, 1.807) is 16.7 Å². The summed E-state index contributed by atoms with van der Waals surface area (Å²) in [6.07, 6.45) is 2.64. The van der Waals surface area contributed by atoms with Crippen molar-refractivity contribution in [3.05, 3.63) is 51.1 Å². The van der Waals surface area contributed by atoms with Crippen LogP contribution in [0.15, 0.2) is 29.1 Å². The summed E-state index contributed by atoms with van der Waals surface area (Å²) in [6.45, 7) is 4.51. The molecule has 0 spiro atoms. The lowest BCUT2D eigenvalue weighted by atomic mass is 10.0. The Hall–Kier alpha value is -2.52. The average Bonchev–Trinajstić information content (AvgIpc) is 2.95. The first-order chi connectivity index (χ1) is 12.6. The van der Waals surface area contributed by atoms with Crippen molar-refractivity contribution in [2.75, 3.05) is 0 Å². The van der Waals surface area contributed by atoms with Gasteiger partial charge < -0.3 is 0 Å². The lowest BCUT2D eigenvalue weighted by Crippen LogP contribution is -2.25. The maximum Gasteiger partial charge on any atom is 0.262 e. The maximum absolute atomic E-state index is 13.3. The molecular weight excluding hydrogens is 349 g/mol. The van der Waals surface area contributed by atoms with E-state index in [1.807, 2.05) is 6.92 Å². The van der Waals surface area contributed by atoms with E-state index in [-0.39, 0.29) is 11.4 Å². The van der Waals surface area contributed by atoms with E-state index < -0.39 is 0 Å². The van der Waals surface area contributed by atoms with Crippen molar-refractivity contribution in [1.82, 2.24) is 9.55 Å². The van der Waals surface area contributed by atoms with Crippen LogP contribution in [0.2, 0.25) is 0 Å².